The number of aryl methyl sites for hydroxylation is 1. The number of carboxylic acids is 1. The second-order valence-corrected chi connectivity index (χ2v) is 17.1. The summed E-state index contributed by atoms with van der Waals surface area (Å²) < 4.78 is 27.3. The summed E-state index contributed by atoms with van der Waals surface area (Å²) >= 11 is 0. The Morgan fingerprint density at radius 3 is 2.16 bits per heavy atom. The number of carboxylic acid groups (broad SMARTS) is 1. The smallest absolute Gasteiger partial charge is 0.415 e. The van der Waals surface area contributed by atoms with Crippen LogP contribution in [0.3, 0.4) is 0 Å². The number of rotatable bonds is 13. The molecule has 2 aliphatic rings. The number of likely N-dealkylation sites (tertiary alicyclic amines) is 2. The molecule has 2 aliphatic heterocycles. The predicted molar refractivity (Wildman–Crippen MR) is 234 cm³/mol. The summed E-state index contributed by atoms with van der Waals surface area (Å²) in [7, 11) is 0. The van der Waals surface area contributed by atoms with Gasteiger partial charge in [0.15, 0.2) is 5.82 Å². The second kappa shape index (κ2) is 21.4. The highest BCUT2D eigenvalue weighted by Gasteiger charge is 2.40. The summed E-state index contributed by atoms with van der Waals surface area (Å²) in [6, 6.07) is 32.3. The van der Waals surface area contributed by atoms with Crippen molar-refractivity contribution in [3.05, 3.63) is 143 Å². The van der Waals surface area contributed by atoms with Gasteiger partial charge in [-0.05, 0) is 111 Å². The Morgan fingerprint density at radius 2 is 1.46 bits per heavy atom. The van der Waals surface area contributed by atoms with Crippen LogP contribution in [-0.4, -0.2) is 81.7 Å². The van der Waals surface area contributed by atoms with Crippen LogP contribution in [0, 0.1) is 37.2 Å². The maximum absolute atomic E-state index is 12.6. The number of carbonyl (C=O) groups excluding carboxylic acids is 2. The van der Waals surface area contributed by atoms with E-state index in [2.05, 4.69) is 28.0 Å². The van der Waals surface area contributed by atoms with Gasteiger partial charge in [0.05, 0.1) is 12.5 Å². The molecule has 2 amide bonds. The standard InChI is InChI=1S/C30H29N3O6.C19H26N2O3/c1-20-7-13-23(14-8-20)28-31-27(32-39-28)19-37-18-22-11-9-21(10-12-22)15-24-16-33(17-26(24)29(34)35)30(36)38-25-5-3-2-4-6-25;1-14-11-21(18(22)24-19(2,3)4)12-16(14)9-15-7-6-8-17(10-15)23-13-20-5/h2-14,24,26H,15-19H2,1H3,(H,34,35);6-8,10,14,16H,9,11-13H2,1-4H3/t24-,26+;14-,16+/m10/s1. The van der Waals surface area contributed by atoms with Gasteiger partial charge in [-0.25, -0.2) is 16.2 Å². The third kappa shape index (κ3) is 13.6. The summed E-state index contributed by atoms with van der Waals surface area (Å²) in [6.45, 7) is 19.1. The first kappa shape index (κ1) is 45.8. The molecule has 3 heterocycles. The predicted octanol–water partition coefficient (Wildman–Crippen LogP) is 9.12. The van der Waals surface area contributed by atoms with Crippen LogP contribution < -0.4 is 9.47 Å². The van der Waals surface area contributed by atoms with Crippen molar-refractivity contribution in [3.8, 4) is 23.0 Å². The zero-order valence-corrected chi connectivity index (χ0v) is 36.4. The van der Waals surface area contributed by atoms with E-state index in [1.165, 1.54) is 10.5 Å². The van der Waals surface area contributed by atoms with Crippen LogP contribution in [-0.2, 0) is 40.3 Å². The highest BCUT2D eigenvalue weighted by atomic mass is 16.6. The molecule has 2 saturated heterocycles. The third-order valence-corrected chi connectivity index (χ3v) is 10.9. The van der Waals surface area contributed by atoms with Crippen molar-refractivity contribution in [1.29, 1.82) is 0 Å². The number of carbonyl (C=O) groups is 3. The number of para-hydroxylation sites is 1. The third-order valence-electron chi connectivity index (χ3n) is 10.9. The molecule has 4 aromatic carbocycles. The molecular formula is C49H55N5O9. The number of ether oxygens (including phenoxy) is 4. The molecule has 2 fully saturated rings. The topological polar surface area (TPSA) is 158 Å². The van der Waals surface area contributed by atoms with Gasteiger partial charge in [0.25, 0.3) is 5.89 Å². The average Bonchev–Trinajstić information content (AvgIpc) is 4.00. The minimum atomic E-state index is -0.910. The average molecular weight is 858 g/mol. The number of aliphatic carboxylic acids is 1. The lowest BCUT2D eigenvalue weighted by Crippen LogP contribution is -2.35. The van der Waals surface area contributed by atoms with E-state index < -0.39 is 23.6 Å². The van der Waals surface area contributed by atoms with Crippen molar-refractivity contribution in [1.82, 2.24) is 19.9 Å². The molecule has 0 spiro atoms. The molecule has 4 atom stereocenters. The van der Waals surface area contributed by atoms with Crippen LogP contribution in [0.25, 0.3) is 16.3 Å². The summed E-state index contributed by atoms with van der Waals surface area (Å²) in [5.41, 5.74) is 4.68. The summed E-state index contributed by atoms with van der Waals surface area (Å²) in [5, 5.41) is 13.7. The zero-order valence-electron chi connectivity index (χ0n) is 36.4. The van der Waals surface area contributed by atoms with Crippen LogP contribution in [0.4, 0.5) is 9.59 Å². The van der Waals surface area contributed by atoms with E-state index in [0.29, 0.717) is 55.4 Å². The van der Waals surface area contributed by atoms with Crippen LogP contribution >= 0.6 is 0 Å². The summed E-state index contributed by atoms with van der Waals surface area (Å²) in [5.74, 6) is 1.12. The lowest BCUT2D eigenvalue weighted by molar-refractivity contribution is -0.142. The number of hydrogen-bond acceptors (Lipinski definition) is 10. The first-order chi connectivity index (χ1) is 30.2. The quantitative estimate of drug-likeness (QED) is 0.113. The molecule has 0 saturated carbocycles. The molecule has 1 N–H and O–H groups in total. The van der Waals surface area contributed by atoms with Crippen molar-refractivity contribution in [2.75, 3.05) is 32.9 Å². The number of hydrogen-bond donors (Lipinski definition) is 1. The van der Waals surface area contributed by atoms with Crippen molar-refractivity contribution < 1.29 is 43.0 Å². The molecule has 5 aromatic rings. The van der Waals surface area contributed by atoms with Crippen molar-refractivity contribution in [2.45, 2.75) is 66.3 Å². The Balaban J connectivity index is 0.000000236. The van der Waals surface area contributed by atoms with Gasteiger partial charge in [0.2, 0.25) is 0 Å². The van der Waals surface area contributed by atoms with Crippen LogP contribution in [0.5, 0.6) is 11.5 Å². The number of benzene rings is 4. The van der Waals surface area contributed by atoms with E-state index >= 15 is 0 Å². The minimum absolute atomic E-state index is 0.0374. The fourth-order valence-corrected chi connectivity index (χ4v) is 7.57. The van der Waals surface area contributed by atoms with E-state index in [4.69, 9.17) is 30.0 Å². The number of nitrogens with zero attached hydrogens (tertiary/aromatic N) is 5. The zero-order chi connectivity index (χ0) is 44.9. The van der Waals surface area contributed by atoms with Gasteiger partial charge in [-0.2, -0.15) is 4.98 Å². The molecule has 63 heavy (non-hydrogen) atoms. The van der Waals surface area contributed by atoms with E-state index in [1.807, 2.05) is 100 Å². The van der Waals surface area contributed by atoms with E-state index in [1.54, 1.807) is 29.2 Å². The lowest BCUT2D eigenvalue weighted by atomic mass is 9.89. The molecule has 330 valence electrons. The molecule has 0 bridgehead atoms. The van der Waals surface area contributed by atoms with Gasteiger partial charge in [0, 0.05) is 31.7 Å². The molecule has 14 nitrogen and oxygen atoms in total. The molecule has 7 rings (SSSR count). The van der Waals surface area contributed by atoms with E-state index in [0.717, 1.165) is 41.0 Å². The lowest BCUT2D eigenvalue weighted by Gasteiger charge is -2.24. The van der Waals surface area contributed by atoms with Gasteiger partial charge in [0.1, 0.15) is 23.7 Å². The van der Waals surface area contributed by atoms with Gasteiger partial charge < -0.3 is 38.4 Å². The Hall–Kier alpha value is -6.72. The maximum atomic E-state index is 12.6. The Bertz CT molecular complexity index is 2320. The van der Waals surface area contributed by atoms with Crippen LogP contribution in [0.2, 0.25) is 0 Å². The minimum Gasteiger partial charge on any atom is -0.481 e. The van der Waals surface area contributed by atoms with Crippen molar-refractivity contribution in [2.24, 2.45) is 23.7 Å². The molecule has 1 aromatic heterocycles. The van der Waals surface area contributed by atoms with Gasteiger partial charge in [-0.15, -0.1) is 0 Å². The molecule has 0 unspecified atom stereocenters. The first-order valence-corrected chi connectivity index (χ1v) is 21.1. The monoisotopic (exact) mass is 857 g/mol. The van der Waals surface area contributed by atoms with E-state index in [-0.39, 0.29) is 31.9 Å². The summed E-state index contributed by atoms with van der Waals surface area (Å²) in [4.78, 5) is 47.6. The Morgan fingerprint density at radius 1 is 0.794 bits per heavy atom. The SMILES string of the molecule is Cc1ccc(-c2nc(COCc3ccc(C[C@@H]4CN(C(=O)Oc5ccccc5)C[C@@H]4C(=O)O)cc3)no2)cc1.[C-]#[N+]COc1cccc(C[C@@H]2CN(C(=O)OC(C)(C)C)C[C@@H]2C)c1. The number of aromatic nitrogens is 2. The van der Waals surface area contributed by atoms with Gasteiger partial charge >= 0.3 is 24.9 Å². The van der Waals surface area contributed by atoms with Crippen molar-refractivity contribution in [3.63, 3.8) is 0 Å². The molecule has 14 heteroatoms. The Kier molecular flexibility index (Phi) is 15.5. The van der Waals surface area contributed by atoms with Gasteiger partial charge in [-0.1, -0.05) is 84.4 Å². The molecule has 0 aliphatic carbocycles. The molecule has 0 radical (unpaired) electrons. The van der Waals surface area contributed by atoms with E-state index in [9.17, 15) is 19.5 Å². The Labute approximate surface area is 368 Å². The van der Waals surface area contributed by atoms with Crippen LogP contribution in [0.1, 0.15) is 55.8 Å². The largest absolute Gasteiger partial charge is 0.481 e. The molecular weight excluding hydrogens is 803 g/mol. The summed E-state index contributed by atoms with van der Waals surface area (Å²) in [6.07, 6.45) is 0.661. The highest BCUT2D eigenvalue weighted by molar-refractivity contribution is 5.76. The highest BCUT2D eigenvalue weighted by Crippen LogP contribution is 2.30. The normalized spacial score (nSPS) is 18.2. The number of amides is 2. The fourth-order valence-electron chi connectivity index (χ4n) is 7.57. The fraction of sp³-hybridized carbons (Fsp3) is 0.388. The second-order valence-electron chi connectivity index (χ2n) is 17.1. The maximum Gasteiger partial charge on any atom is 0.415 e. The van der Waals surface area contributed by atoms with Gasteiger partial charge in [-0.3, -0.25) is 9.64 Å². The van der Waals surface area contributed by atoms with Crippen molar-refractivity contribution >= 4 is 18.2 Å². The first-order valence-electron chi connectivity index (χ1n) is 21.1. The van der Waals surface area contributed by atoms with Crippen LogP contribution in [0.15, 0.2) is 108 Å².